The quantitative estimate of drug-likeness (QED) is 0.749. The summed E-state index contributed by atoms with van der Waals surface area (Å²) in [5, 5.41) is 3.19. The number of carbonyl (C=O) groups excluding carboxylic acids is 2. The first kappa shape index (κ1) is 22.5. The monoisotopic (exact) mass is 433 g/mol. The van der Waals surface area contributed by atoms with Crippen molar-refractivity contribution in [2.75, 3.05) is 26.2 Å². The summed E-state index contributed by atoms with van der Waals surface area (Å²) in [6.07, 6.45) is 3.76. The van der Waals surface area contributed by atoms with E-state index in [1.165, 1.54) is 11.1 Å². The van der Waals surface area contributed by atoms with Crippen molar-refractivity contribution in [3.05, 3.63) is 71.3 Å². The molecule has 5 heteroatoms. The summed E-state index contributed by atoms with van der Waals surface area (Å²) < 4.78 is 0. The van der Waals surface area contributed by atoms with Crippen LogP contribution in [0.2, 0.25) is 0 Å². The van der Waals surface area contributed by atoms with Crippen LogP contribution in [0.25, 0.3) is 0 Å². The average Bonchev–Trinajstić information content (AvgIpc) is 3.22. The Bertz CT molecular complexity index is 920. The minimum absolute atomic E-state index is 0.0126. The van der Waals surface area contributed by atoms with Gasteiger partial charge >= 0.3 is 0 Å². The van der Waals surface area contributed by atoms with Gasteiger partial charge in [-0.05, 0) is 76.2 Å². The van der Waals surface area contributed by atoms with Crippen LogP contribution in [0, 0.1) is 12.8 Å². The van der Waals surface area contributed by atoms with Crippen LogP contribution >= 0.6 is 0 Å². The maximum atomic E-state index is 13.2. The van der Waals surface area contributed by atoms with E-state index in [0.717, 1.165) is 38.9 Å². The fourth-order valence-corrected chi connectivity index (χ4v) is 4.99. The van der Waals surface area contributed by atoms with Crippen LogP contribution in [-0.4, -0.2) is 53.3 Å². The SMILES string of the molecule is Cc1ccc(CN2CCC(CNC(=O)C3(C)CCCN3C(=O)c3ccccc3)CC2)cc1. The number of aryl methyl sites for hydroxylation is 1. The summed E-state index contributed by atoms with van der Waals surface area (Å²) in [6, 6.07) is 18.1. The highest BCUT2D eigenvalue weighted by molar-refractivity contribution is 5.99. The third-order valence-electron chi connectivity index (χ3n) is 7.18. The van der Waals surface area contributed by atoms with Gasteiger partial charge in [-0.1, -0.05) is 48.0 Å². The fourth-order valence-electron chi connectivity index (χ4n) is 4.99. The van der Waals surface area contributed by atoms with Crippen molar-refractivity contribution in [2.45, 2.75) is 51.6 Å². The van der Waals surface area contributed by atoms with Crippen molar-refractivity contribution < 1.29 is 9.59 Å². The van der Waals surface area contributed by atoms with E-state index in [9.17, 15) is 9.59 Å². The summed E-state index contributed by atoms with van der Waals surface area (Å²) in [6.45, 7) is 8.48. The van der Waals surface area contributed by atoms with Gasteiger partial charge in [0, 0.05) is 25.2 Å². The molecule has 0 bridgehead atoms. The van der Waals surface area contributed by atoms with E-state index in [1.54, 1.807) is 4.90 Å². The van der Waals surface area contributed by atoms with Crippen molar-refractivity contribution in [2.24, 2.45) is 5.92 Å². The lowest BCUT2D eigenvalue weighted by Crippen LogP contribution is -2.56. The number of carbonyl (C=O) groups is 2. The molecule has 0 aromatic heterocycles. The number of likely N-dealkylation sites (tertiary alicyclic amines) is 2. The predicted octanol–water partition coefficient (Wildman–Crippen LogP) is 4.02. The minimum atomic E-state index is -0.765. The molecule has 0 saturated carbocycles. The Balaban J connectivity index is 1.27. The number of rotatable bonds is 6. The smallest absolute Gasteiger partial charge is 0.254 e. The Labute approximate surface area is 191 Å². The second-order valence-corrected chi connectivity index (χ2v) is 9.62. The molecule has 1 atom stereocenters. The van der Waals surface area contributed by atoms with Crippen LogP contribution in [0.1, 0.15) is 54.1 Å². The van der Waals surface area contributed by atoms with E-state index < -0.39 is 5.54 Å². The number of benzene rings is 2. The lowest BCUT2D eigenvalue weighted by Gasteiger charge is -2.36. The van der Waals surface area contributed by atoms with Gasteiger partial charge in [-0.25, -0.2) is 0 Å². The molecule has 2 aromatic rings. The average molecular weight is 434 g/mol. The Hall–Kier alpha value is -2.66. The zero-order valence-electron chi connectivity index (χ0n) is 19.3. The number of hydrogen-bond donors (Lipinski definition) is 1. The molecule has 0 radical (unpaired) electrons. The minimum Gasteiger partial charge on any atom is -0.354 e. The first-order valence-electron chi connectivity index (χ1n) is 11.9. The Morgan fingerprint density at radius 1 is 1.00 bits per heavy atom. The molecule has 1 unspecified atom stereocenters. The van der Waals surface area contributed by atoms with Crippen molar-refractivity contribution in [1.82, 2.24) is 15.1 Å². The van der Waals surface area contributed by atoms with Gasteiger partial charge in [-0.3, -0.25) is 14.5 Å². The molecule has 4 rings (SSSR count). The van der Waals surface area contributed by atoms with Crippen LogP contribution in [0.4, 0.5) is 0 Å². The summed E-state index contributed by atoms with van der Waals surface area (Å²) in [5.74, 6) is 0.433. The standard InChI is InChI=1S/C27H35N3O2/c1-21-9-11-23(12-10-21)20-29-17-13-22(14-18-29)19-28-26(32)27(2)15-6-16-30(27)25(31)24-7-4-3-5-8-24/h3-5,7-12,22H,6,13-20H2,1-2H3,(H,28,32). The Kier molecular flexibility index (Phi) is 6.95. The van der Waals surface area contributed by atoms with E-state index in [0.29, 0.717) is 31.0 Å². The molecule has 32 heavy (non-hydrogen) atoms. The number of hydrogen-bond acceptors (Lipinski definition) is 3. The summed E-state index contributed by atoms with van der Waals surface area (Å²) in [5.41, 5.74) is 2.54. The van der Waals surface area contributed by atoms with Crippen LogP contribution in [0.5, 0.6) is 0 Å². The van der Waals surface area contributed by atoms with Gasteiger partial charge < -0.3 is 10.2 Å². The van der Waals surface area contributed by atoms with Crippen molar-refractivity contribution >= 4 is 11.8 Å². The van der Waals surface area contributed by atoms with E-state index in [4.69, 9.17) is 0 Å². The first-order chi connectivity index (χ1) is 15.5. The van der Waals surface area contributed by atoms with E-state index in [2.05, 4.69) is 41.4 Å². The molecule has 2 aliphatic rings. The number of nitrogens with one attached hydrogen (secondary N) is 1. The fraction of sp³-hybridized carbons (Fsp3) is 0.481. The zero-order chi connectivity index (χ0) is 22.6. The molecular weight excluding hydrogens is 398 g/mol. The second-order valence-electron chi connectivity index (χ2n) is 9.62. The summed E-state index contributed by atoms with van der Waals surface area (Å²) in [4.78, 5) is 30.5. The topological polar surface area (TPSA) is 52.7 Å². The molecule has 0 spiro atoms. The van der Waals surface area contributed by atoms with Crippen LogP contribution in [-0.2, 0) is 11.3 Å². The van der Waals surface area contributed by atoms with Crippen LogP contribution in [0.15, 0.2) is 54.6 Å². The molecule has 1 N–H and O–H groups in total. The molecule has 2 aliphatic heterocycles. The molecule has 2 amide bonds. The van der Waals surface area contributed by atoms with Crippen molar-refractivity contribution in [3.63, 3.8) is 0 Å². The highest BCUT2D eigenvalue weighted by Crippen LogP contribution is 2.31. The largest absolute Gasteiger partial charge is 0.354 e. The normalized spacial score (nSPS) is 22.1. The van der Waals surface area contributed by atoms with Gasteiger partial charge in [0.25, 0.3) is 5.91 Å². The number of piperidine rings is 1. The maximum Gasteiger partial charge on any atom is 0.254 e. The van der Waals surface area contributed by atoms with E-state index in [1.807, 2.05) is 37.3 Å². The van der Waals surface area contributed by atoms with Gasteiger partial charge in [-0.2, -0.15) is 0 Å². The Morgan fingerprint density at radius 2 is 1.69 bits per heavy atom. The molecule has 2 fully saturated rings. The number of nitrogens with zero attached hydrogens (tertiary/aromatic N) is 2. The highest BCUT2D eigenvalue weighted by atomic mass is 16.2. The molecular formula is C27H35N3O2. The maximum absolute atomic E-state index is 13.2. The molecule has 5 nitrogen and oxygen atoms in total. The predicted molar refractivity (Wildman–Crippen MR) is 127 cm³/mol. The molecule has 2 heterocycles. The first-order valence-corrected chi connectivity index (χ1v) is 11.9. The summed E-state index contributed by atoms with van der Waals surface area (Å²) >= 11 is 0. The Morgan fingerprint density at radius 3 is 2.38 bits per heavy atom. The van der Waals surface area contributed by atoms with Crippen LogP contribution in [0.3, 0.4) is 0 Å². The second kappa shape index (κ2) is 9.86. The molecule has 0 aliphatic carbocycles. The van der Waals surface area contributed by atoms with Gasteiger partial charge in [0.15, 0.2) is 0 Å². The van der Waals surface area contributed by atoms with E-state index in [-0.39, 0.29) is 11.8 Å². The van der Waals surface area contributed by atoms with Gasteiger partial charge in [0.1, 0.15) is 5.54 Å². The van der Waals surface area contributed by atoms with Crippen LogP contribution < -0.4 is 5.32 Å². The lowest BCUT2D eigenvalue weighted by atomic mass is 9.94. The lowest BCUT2D eigenvalue weighted by molar-refractivity contribution is -0.130. The van der Waals surface area contributed by atoms with Gasteiger partial charge in [0.05, 0.1) is 0 Å². The van der Waals surface area contributed by atoms with Gasteiger partial charge in [-0.15, -0.1) is 0 Å². The zero-order valence-corrected chi connectivity index (χ0v) is 19.3. The third-order valence-corrected chi connectivity index (χ3v) is 7.18. The highest BCUT2D eigenvalue weighted by Gasteiger charge is 2.45. The van der Waals surface area contributed by atoms with Gasteiger partial charge in [0.2, 0.25) is 5.91 Å². The van der Waals surface area contributed by atoms with E-state index >= 15 is 0 Å². The molecule has 170 valence electrons. The van der Waals surface area contributed by atoms with Crippen molar-refractivity contribution in [1.29, 1.82) is 0 Å². The van der Waals surface area contributed by atoms with Crippen molar-refractivity contribution in [3.8, 4) is 0 Å². The summed E-state index contributed by atoms with van der Waals surface area (Å²) in [7, 11) is 0. The molecule has 2 aromatic carbocycles. The number of amides is 2. The molecule has 2 saturated heterocycles. The third kappa shape index (κ3) is 5.04.